The number of aromatic nitrogens is 2. The van der Waals surface area contributed by atoms with Crippen LogP contribution >= 0.6 is 0 Å². The molecule has 0 unspecified atom stereocenters. The van der Waals surface area contributed by atoms with Crippen LogP contribution in [-0.2, 0) is 25.7 Å². The third-order valence-electron chi connectivity index (χ3n) is 8.44. The van der Waals surface area contributed by atoms with Gasteiger partial charge >= 0.3 is 0 Å². The maximum Gasteiger partial charge on any atom is 0.128 e. The average molecular weight is 542 g/mol. The molecule has 227 valence electrons. The van der Waals surface area contributed by atoms with Gasteiger partial charge in [0.15, 0.2) is 0 Å². The molecule has 0 aliphatic heterocycles. The molecule has 39 heavy (non-hydrogen) atoms. The molecule has 2 nitrogen and oxygen atoms in total. The van der Waals surface area contributed by atoms with Crippen LogP contribution in [0, 0.1) is 6.92 Å². The van der Waals surface area contributed by atoms with Crippen molar-refractivity contribution in [2.75, 3.05) is 0 Å². The monoisotopic (exact) mass is 542 g/mol. The van der Waals surface area contributed by atoms with Crippen molar-refractivity contribution in [1.82, 2.24) is 9.97 Å². The van der Waals surface area contributed by atoms with Crippen molar-refractivity contribution in [3.05, 3.63) is 29.7 Å². The first kappa shape index (κ1) is 36.1. The Hall–Kier alpha value is -0.920. The fraction of sp³-hybridized carbons (Fsp3) is 0.865. The minimum atomic E-state index is 0.895. The predicted molar refractivity (Wildman–Crippen MR) is 175 cm³/mol. The second-order valence-electron chi connectivity index (χ2n) is 12.3. The molecule has 0 amide bonds. The molecule has 0 N–H and O–H groups in total. The van der Waals surface area contributed by atoms with Gasteiger partial charge in [0, 0.05) is 17.8 Å². The SMILES string of the molecule is [CH2]CCc1nc(CCCCCCCCCC)c(CCCCCCCCCC)c(CCCCCCCCCC)n1. The van der Waals surface area contributed by atoms with Gasteiger partial charge in [0.25, 0.3) is 0 Å². The van der Waals surface area contributed by atoms with E-state index in [2.05, 4.69) is 27.7 Å². The molecule has 1 radical (unpaired) electrons. The Kier molecular flexibility index (Phi) is 25.2. The van der Waals surface area contributed by atoms with Crippen LogP contribution in [0.5, 0.6) is 0 Å². The number of hydrogen-bond acceptors (Lipinski definition) is 2. The second-order valence-corrected chi connectivity index (χ2v) is 12.3. The lowest BCUT2D eigenvalue weighted by atomic mass is 9.96. The number of nitrogens with zero attached hydrogens (tertiary/aromatic N) is 2. The molecule has 1 aromatic heterocycles. The Labute approximate surface area is 246 Å². The van der Waals surface area contributed by atoms with Crippen molar-refractivity contribution in [2.24, 2.45) is 0 Å². The zero-order valence-electron chi connectivity index (χ0n) is 27.1. The van der Waals surface area contributed by atoms with Crippen molar-refractivity contribution in [1.29, 1.82) is 0 Å². The first-order valence-corrected chi connectivity index (χ1v) is 17.9. The molecule has 0 aliphatic carbocycles. The van der Waals surface area contributed by atoms with Gasteiger partial charge in [-0.1, -0.05) is 163 Å². The van der Waals surface area contributed by atoms with E-state index in [4.69, 9.17) is 9.97 Å². The molecule has 0 saturated heterocycles. The van der Waals surface area contributed by atoms with Gasteiger partial charge in [-0.15, -0.1) is 0 Å². The van der Waals surface area contributed by atoms with Crippen molar-refractivity contribution in [3.8, 4) is 0 Å². The smallest absolute Gasteiger partial charge is 0.128 e. The molecule has 0 saturated carbocycles. The highest BCUT2D eigenvalue weighted by Crippen LogP contribution is 2.22. The normalized spacial score (nSPS) is 11.5. The van der Waals surface area contributed by atoms with E-state index < -0.39 is 0 Å². The summed E-state index contributed by atoms with van der Waals surface area (Å²) in [5, 5.41) is 0. The molecule has 1 aromatic rings. The van der Waals surface area contributed by atoms with Crippen molar-refractivity contribution >= 4 is 0 Å². The summed E-state index contributed by atoms with van der Waals surface area (Å²) in [6.45, 7) is 11.0. The van der Waals surface area contributed by atoms with Gasteiger partial charge in [-0.05, 0) is 50.5 Å². The quantitative estimate of drug-likeness (QED) is 0.0942. The maximum absolute atomic E-state index is 5.17. The molecule has 0 spiro atoms. The van der Waals surface area contributed by atoms with Crippen LogP contribution in [0.15, 0.2) is 0 Å². The summed E-state index contributed by atoms with van der Waals surface area (Å²) < 4.78 is 0. The van der Waals surface area contributed by atoms with E-state index in [1.807, 2.05) is 0 Å². The molecule has 0 atom stereocenters. The summed E-state index contributed by atoms with van der Waals surface area (Å²) in [4.78, 5) is 10.3. The predicted octanol–water partition coefficient (Wildman–Crippen LogP) is 12.3. The maximum atomic E-state index is 5.17. The van der Waals surface area contributed by atoms with E-state index in [-0.39, 0.29) is 0 Å². The Morgan fingerprint density at radius 2 is 0.692 bits per heavy atom. The Morgan fingerprint density at radius 1 is 0.385 bits per heavy atom. The molecule has 0 aromatic carbocycles. The van der Waals surface area contributed by atoms with E-state index in [0.717, 1.165) is 31.5 Å². The molecule has 2 heteroatoms. The Bertz CT molecular complexity index is 612. The van der Waals surface area contributed by atoms with E-state index in [0.29, 0.717) is 0 Å². The summed E-state index contributed by atoms with van der Waals surface area (Å²) in [5.74, 6) is 1.06. The summed E-state index contributed by atoms with van der Waals surface area (Å²) in [5.41, 5.74) is 4.34. The average Bonchev–Trinajstić information content (AvgIpc) is 2.94. The van der Waals surface area contributed by atoms with Gasteiger partial charge in [-0.25, -0.2) is 9.97 Å². The van der Waals surface area contributed by atoms with Gasteiger partial charge in [-0.3, -0.25) is 0 Å². The summed E-state index contributed by atoms with van der Waals surface area (Å²) >= 11 is 0. The lowest BCUT2D eigenvalue weighted by Crippen LogP contribution is -2.11. The largest absolute Gasteiger partial charge is 0.238 e. The lowest BCUT2D eigenvalue weighted by molar-refractivity contribution is 0.561. The van der Waals surface area contributed by atoms with Crippen molar-refractivity contribution in [2.45, 2.75) is 207 Å². The lowest BCUT2D eigenvalue weighted by Gasteiger charge is -2.16. The highest BCUT2D eigenvalue weighted by molar-refractivity contribution is 5.27. The standard InChI is InChI=1S/C37H69N2/c1-5-9-12-15-18-21-24-27-31-34-35(32-28-25-22-19-16-13-10-6-2)38-37(30-8-4)39-36(34)33-29-26-23-20-17-14-11-7-3/h4-33H2,1-3H3. The molecule has 0 aliphatic rings. The minimum absolute atomic E-state index is 0.895. The second kappa shape index (κ2) is 27.3. The fourth-order valence-corrected chi connectivity index (χ4v) is 5.90. The van der Waals surface area contributed by atoms with E-state index in [9.17, 15) is 0 Å². The zero-order chi connectivity index (χ0) is 28.2. The first-order chi connectivity index (χ1) is 19.3. The van der Waals surface area contributed by atoms with Crippen molar-refractivity contribution < 1.29 is 0 Å². The number of unbranched alkanes of at least 4 members (excludes halogenated alkanes) is 21. The topological polar surface area (TPSA) is 25.8 Å². The molecular weight excluding hydrogens is 472 g/mol. The van der Waals surface area contributed by atoms with Gasteiger partial charge in [0.1, 0.15) is 5.82 Å². The van der Waals surface area contributed by atoms with Crippen LogP contribution in [0.1, 0.15) is 204 Å². The van der Waals surface area contributed by atoms with Crippen molar-refractivity contribution in [3.63, 3.8) is 0 Å². The number of hydrogen-bond donors (Lipinski definition) is 0. The van der Waals surface area contributed by atoms with E-state index in [1.54, 1.807) is 5.56 Å². The summed E-state index contributed by atoms with van der Waals surface area (Å²) in [6.07, 6.45) is 38.4. The third kappa shape index (κ3) is 19.7. The molecule has 1 rings (SSSR count). The Morgan fingerprint density at radius 3 is 1.03 bits per heavy atom. The van der Waals surface area contributed by atoms with Crippen LogP contribution in [0.2, 0.25) is 0 Å². The fourth-order valence-electron chi connectivity index (χ4n) is 5.90. The first-order valence-electron chi connectivity index (χ1n) is 17.9. The van der Waals surface area contributed by atoms with Gasteiger partial charge < -0.3 is 0 Å². The Balaban J connectivity index is 2.71. The van der Waals surface area contributed by atoms with Crippen LogP contribution < -0.4 is 0 Å². The molecule has 1 heterocycles. The summed E-state index contributed by atoms with van der Waals surface area (Å²) in [7, 11) is 0. The van der Waals surface area contributed by atoms with Gasteiger partial charge in [0.2, 0.25) is 0 Å². The van der Waals surface area contributed by atoms with Crippen LogP contribution in [0.3, 0.4) is 0 Å². The van der Waals surface area contributed by atoms with E-state index in [1.165, 1.54) is 172 Å². The van der Waals surface area contributed by atoms with Crippen LogP contribution in [-0.4, -0.2) is 9.97 Å². The summed E-state index contributed by atoms with van der Waals surface area (Å²) in [6, 6.07) is 0. The van der Waals surface area contributed by atoms with Crippen LogP contribution in [0.25, 0.3) is 0 Å². The van der Waals surface area contributed by atoms with Gasteiger partial charge in [0.05, 0.1) is 0 Å². The number of aryl methyl sites for hydroxylation is 3. The molecule has 0 bridgehead atoms. The zero-order valence-corrected chi connectivity index (χ0v) is 27.1. The highest BCUT2D eigenvalue weighted by atomic mass is 14.9. The molecule has 0 fully saturated rings. The van der Waals surface area contributed by atoms with E-state index >= 15 is 0 Å². The van der Waals surface area contributed by atoms with Crippen LogP contribution in [0.4, 0.5) is 0 Å². The highest BCUT2D eigenvalue weighted by Gasteiger charge is 2.14. The number of rotatable bonds is 29. The minimum Gasteiger partial charge on any atom is -0.238 e. The third-order valence-corrected chi connectivity index (χ3v) is 8.44. The van der Waals surface area contributed by atoms with Gasteiger partial charge in [-0.2, -0.15) is 0 Å². The molecular formula is C37H69N2.